The lowest BCUT2D eigenvalue weighted by atomic mass is 10.1. The quantitative estimate of drug-likeness (QED) is 0.804. The lowest BCUT2D eigenvalue weighted by molar-refractivity contribution is -0.111. The highest BCUT2D eigenvalue weighted by molar-refractivity contribution is 7.89. The average molecular weight is 358 g/mol. The lowest BCUT2D eigenvalue weighted by Crippen LogP contribution is -2.40. The molecular weight excluding hydrogens is 336 g/mol. The molecule has 0 aliphatic rings. The van der Waals surface area contributed by atoms with Crippen molar-refractivity contribution in [1.82, 2.24) is 4.72 Å². The van der Waals surface area contributed by atoms with E-state index < -0.39 is 15.6 Å². The predicted octanol–water partition coefficient (Wildman–Crippen LogP) is 3.42. The zero-order valence-corrected chi connectivity index (χ0v) is 15.3. The fourth-order valence-corrected chi connectivity index (χ4v) is 3.59. The number of hydrogen-bond acceptors (Lipinski definition) is 3. The van der Waals surface area contributed by atoms with Crippen LogP contribution in [0.3, 0.4) is 0 Å². The van der Waals surface area contributed by atoms with Crippen molar-refractivity contribution in [3.05, 3.63) is 66.2 Å². The zero-order chi connectivity index (χ0) is 18.5. The summed E-state index contributed by atoms with van der Waals surface area (Å²) in [6, 6.07) is 15.6. The van der Waals surface area contributed by atoms with E-state index in [0.717, 1.165) is 5.56 Å². The number of sulfonamides is 1. The molecule has 6 heteroatoms. The van der Waals surface area contributed by atoms with E-state index in [0.29, 0.717) is 5.69 Å². The minimum absolute atomic E-state index is 0.104. The van der Waals surface area contributed by atoms with Gasteiger partial charge in [-0.25, -0.2) is 13.1 Å². The first-order chi connectivity index (χ1) is 11.7. The summed E-state index contributed by atoms with van der Waals surface area (Å²) in [7, 11) is -3.65. The topological polar surface area (TPSA) is 75.3 Å². The lowest BCUT2D eigenvalue weighted by Gasteiger charge is -2.20. The number of amides is 1. The highest BCUT2D eigenvalue weighted by atomic mass is 32.2. The monoisotopic (exact) mass is 358 g/mol. The Labute approximate surface area is 148 Å². The molecular formula is C19H22N2O3S. The maximum absolute atomic E-state index is 12.4. The van der Waals surface area contributed by atoms with E-state index in [1.165, 1.54) is 18.2 Å². The maximum atomic E-state index is 12.4. The molecule has 0 radical (unpaired) electrons. The fraction of sp³-hybridized carbons (Fsp3) is 0.211. The van der Waals surface area contributed by atoms with Crippen molar-refractivity contribution in [2.24, 2.45) is 0 Å². The van der Waals surface area contributed by atoms with Crippen LogP contribution >= 0.6 is 0 Å². The Morgan fingerprint density at radius 2 is 1.68 bits per heavy atom. The highest BCUT2D eigenvalue weighted by Gasteiger charge is 2.22. The van der Waals surface area contributed by atoms with Crippen molar-refractivity contribution >= 4 is 27.7 Å². The van der Waals surface area contributed by atoms with Gasteiger partial charge in [0.2, 0.25) is 15.9 Å². The number of carbonyl (C=O) groups excluding carboxylic acids is 1. The first kappa shape index (κ1) is 18.9. The van der Waals surface area contributed by atoms with Crippen LogP contribution in [0.2, 0.25) is 0 Å². The molecule has 0 aliphatic carbocycles. The Morgan fingerprint density at radius 3 is 2.32 bits per heavy atom. The minimum atomic E-state index is -3.65. The van der Waals surface area contributed by atoms with Gasteiger partial charge in [0, 0.05) is 17.3 Å². The van der Waals surface area contributed by atoms with Crippen LogP contribution in [0.5, 0.6) is 0 Å². The molecule has 0 fully saturated rings. The van der Waals surface area contributed by atoms with Gasteiger partial charge in [0.05, 0.1) is 4.90 Å². The Hall–Kier alpha value is -2.44. The van der Waals surface area contributed by atoms with E-state index in [2.05, 4.69) is 10.0 Å². The summed E-state index contributed by atoms with van der Waals surface area (Å²) in [5.41, 5.74) is 0.735. The molecule has 0 heterocycles. The van der Waals surface area contributed by atoms with E-state index in [-0.39, 0.29) is 10.8 Å². The van der Waals surface area contributed by atoms with Gasteiger partial charge in [-0.1, -0.05) is 36.4 Å². The third kappa shape index (κ3) is 6.17. The van der Waals surface area contributed by atoms with Gasteiger partial charge >= 0.3 is 0 Å². The van der Waals surface area contributed by atoms with E-state index in [1.807, 2.05) is 30.3 Å². The zero-order valence-electron chi connectivity index (χ0n) is 14.5. The van der Waals surface area contributed by atoms with Gasteiger partial charge in [-0.2, -0.15) is 0 Å². The SMILES string of the molecule is CC(C)(C)NS(=O)(=O)c1cccc(NC(=O)/C=C/c2ccccc2)c1. The second kappa shape index (κ2) is 7.63. The molecule has 1 amide bonds. The molecule has 0 aromatic heterocycles. The molecule has 0 spiro atoms. The molecule has 5 nitrogen and oxygen atoms in total. The van der Waals surface area contributed by atoms with Gasteiger partial charge in [0.25, 0.3) is 0 Å². The second-order valence-corrected chi connectivity index (χ2v) is 8.30. The van der Waals surface area contributed by atoms with Crippen LogP contribution in [0.25, 0.3) is 6.08 Å². The second-order valence-electron chi connectivity index (χ2n) is 6.62. The van der Waals surface area contributed by atoms with Crippen LogP contribution in [-0.2, 0) is 14.8 Å². The Balaban J connectivity index is 2.11. The maximum Gasteiger partial charge on any atom is 0.248 e. The predicted molar refractivity (Wildman–Crippen MR) is 101 cm³/mol. The number of nitrogens with one attached hydrogen (secondary N) is 2. The number of anilines is 1. The van der Waals surface area contributed by atoms with Crippen LogP contribution in [0.1, 0.15) is 26.3 Å². The van der Waals surface area contributed by atoms with Crippen LogP contribution in [-0.4, -0.2) is 19.9 Å². The van der Waals surface area contributed by atoms with Gasteiger partial charge in [-0.3, -0.25) is 4.79 Å². The molecule has 0 aliphatic heterocycles. The summed E-state index contributed by atoms with van der Waals surface area (Å²) in [5.74, 6) is -0.331. The first-order valence-electron chi connectivity index (χ1n) is 7.84. The smallest absolute Gasteiger partial charge is 0.248 e. The van der Waals surface area contributed by atoms with Gasteiger partial charge in [-0.05, 0) is 50.6 Å². The summed E-state index contributed by atoms with van der Waals surface area (Å²) >= 11 is 0. The Kier molecular flexibility index (Phi) is 5.77. The molecule has 2 aromatic carbocycles. The van der Waals surface area contributed by atoms with Gasteiger partial charge in [0.1, 0.15) is 0 Å². The van der Waals surface area contributed by atoms with Crippen molar-refractivity contribution in [3.63, 3.8) is 0 Å². The van der Waals surface area contributed by atoms with Crippen LogP contribution in [0.15, 0.2) is 65.6 Å². The molecule has 2 aromatic rings. The molecule has 0 unspecified atom stereocenters. The number of hydrogen-bond donors (Lipinski definition) is 2. The van der Waals surface area contributed by atoms with Gasteiger partial charge < -0.3 is 5.32 Å². The van der Waals surface area contributed by atoms with Crippen molar-refractivity contribution < 1.29 is 13.2 Å². The van der Waals surface area contributed by atoms with E-state index >= 15 is 0 Å². The van der Waals surface area contributed by atoms with Gasteiger partial charge in [-0.15, -0.1) is 0 Å². The van der Waals surface area contributed by atoms with Crippen LogP contribution in [0, 0.1) is 0 Å². The summed E-state index contributed by atoms with van der Waals surface area (Å²) in [6.07, 6.45) is 3.10. The van der Waals surface area contributed by atoms with Crippen molar-refractivity contribution in [1.29, 1.82) is 0 Å². The average Bonchev–Trinajstić information content (AvgIpc) is 2.52. The van der Waals surface area contributed by atoms with Gasteiger partial charge in [0.15, 0.2) is 0 Å². The number of rotatable bonds is 5. The normalized spacial score (nSPS) is 12.3. The summed E-state index contributed by atoms with van der Waals surface area (Å²) in [4.78, 5) is 12.1. The molecule has 0 saturated carbocycles. The summed E-state index contributed by atoms with van der Waals surface area (Å²) in [5, 5.41) is 2.67. The van der Waals surface area contributed by atoms with Crippen LogP contribution < -0.4 is 10.0 Å². The molecule has 2 N–H and O–H groups in total. The highest BCUT2D eigenvalue weighted by Crippen LogP contribution is 2.17. The van der Waals surface area contributed by atoms with Crippen molar-refractivity contribution in [2.45, 2.75) is 31.2 Å². The van der Waals surface area contributed by atoms with E-state index in [1.54, 1.807) is 39.0 Å². The fourth-order valence-electron chi connectivity index (χ4n) is 2.12. The Bertz CT molecular complexity index is 867. The molecule has 0 saturated heterocycles. The third-order valence-electron chi connectivity index (χ3n) is 3.08. The summed E-state index contributed by atoms with van der Waals surface area (Å²) < 4.78 is 27.3. The van der Waals surface area contributed by atoms with E-state index in [9.17, 15) is 13.2 Å². The Morgan fingerprint density at radius 1 is 1.00 bits per heavy atom. The number of benzene rings is 2. The molecule has 132 valence electrons. The molecule has 0 atom stereocenters. The van der Waals surface area contributed by atoms with E-state index in [4.69, 9.17) is 0 Å². The molecule has 25 heavy (non-hydrogen) atoms. The van der Waals surface area contributed by atoms with Crippen molar-refractivity contribution in [2.75, 3.05) is 5.32 Å². The largest absolute Gasteiger partial charge is 0.322 e. The first-order valence-corrected chi connectivity index (χ1v) is 9.32. The van der Waals surface area contributed by atoms with Crippen molar-refractivity contribution in [3.8, 4) is 0 Å². The summed E-state index contributed by atoms with van der Waals surface area (Å²) in [6.45, 7) is 5.31. The third-order valence-corrected chi connectivity index (χ3v) is 4.83. The van der Waals surface area contributed by atoms with Crippen LogP contribution in [0.4, 0.5) is 5.69 Å². The molecule has 0 bridgehead atoms. The minimum Gasteiger partial charge on any atom is -0.322 e. The standard InChI is InChI=1S/C19H22N2O3S/c1-19(2,3)21-25(23,24)17-11-7-10-16(14-17)20-18(22)13-12-15-8-5-4-6-9-15/h4-14,21H,1-3H3,(H,20,22)/b13-12+. The molecule has 2 rings (SSSR count). The number of carbonyl (C=O) groups is 1.